The van der Waals surface area contributed by atoms with Gasteiger partial charge in [0.2, 0.25) is 0 Å². The highest BCUT2D eigenvalue weighted by Crippen LogP contribution is 2.50. The van der Waals surface area contributed by atoms with E-state index in [0.29, 0.717) is 11.8 Å². The molecule has 23 heavy (non-hydrogen) atoms. The molecule has 1 aliphatic heterocycles. The van der Waals surface area contributed by atoms with E-state index >= 15 is 0 Å². The lowest BCUT2D eigenvalue weighted by atomic mass is 9.76. The number of nitrogens with one attached hydrogen (secondary N) is 1. The number of rotatable bonds is 2. The van der Waals surface area contributed by atoms with Gasteiger partial charge in [0.25, 0.3) is 0 Å². The minimum atomic E-state index is 0.124. The van der Waals surface area contributed by atoms with Gasteiger partial charge < -0.3 is 5.32 Å². The van der Waals surface area contributed by atoms with Crippen molar-refractivity contribution in [2.24, 2.45) is 5.92 Å². The van der Waals surface area contributed by atoms with E-state index in [0.717, 1.165) is 22.1 Å². The van der Waals surface area contributed by atoms with Crippen LogP contribution in [0.3, 0.4) is 0 Å². The van der Waals surface area contributed by atoms with Gasteiger partial charge in [-0.05, 0) is 54.7 Å². The lowest BCUT2D eigenvalue weighted by molar-refractivity contribution is 0.101. The number of allylic oxidation sites excluding steroid dienone is 2. The summed E-state index contributed by atoms with van der Waals surface area (Å²) in [4.78, 5) is 11.7. The number of Topliss-reactive ketones (excluding diaryl/α,β-unsaturated/α-hetero) is 1. The molecular formula is C20H18BrNO. The molecule has 2 aromatic carbocycles. The lowest BCUT2D eigenvalue weighted by Gasteiger charge is -2.38. The van der Waals surface area contributed by atoms with Crippen molar-refractivity contribution in [3.8, 4) is 0 Å². The normalized spacial score (nSPS) is 24.7. The zero-order chi connectivity index (χ0) is 16.0. The van der Waals surface area contributed by atoms with Gasteiger partial charge in [0.1, 0.15) is 0 Å². The maximum atomic E-state index is 11.7. The lowest BCUT2D eigenvalue weighted by Crippen LogP contribution is -2.29. The van der Waals surface area contributed by atoms with Gasteiger partial charge >= 0.3 is 0 Å². The molecule has 2 nitrogen and oxygen atoms in total. The molecule has 0 saturated carbocycles. The average Bonchev–Trinajstić information content (AvgIpc) is 3.04. The second kappa shape index (κ2) is 5.64. The number of hydrogen-bond donors (Lipinski definition) is 1. The molecule has 1 N–H and O–H groups in total. The summed E-state index contributed by atoms with van der Waals surface area (Å²) in [5, 5.41) is 3.71. The Morgan fingerprint density at radius 3 is 2.78 bits per heavy atom. The van der Waals surface area contributed by atoms with Gasteiger partial charge in [-0.1, -0.05) is 46.3 Å². The van der Waals surface area contributed by atoms with Gasteiger partial charge in [0, 0.05) is 21.6 Å². The first-order valence-electron chi connectivity index (χ1n) is 7.97. The fourth-order valence-corrected chi connectivity index (χ4v) is 4.38. The minimum Gasteiger partial charge on any atom is -0.378 e. The summed E-state index contributed by atoms with van der Waals surface area (Å²) in [6.45, 7) is 1.63. The Labute approximate surface area is 144 Å². The van der Waals surface area contributed by atoms with Crippen molar-refractivity contribution in [1.29, 1.82) is 0 Å². The molecule has 0 spiro atoms. The topological polar surface area (TPSA) is 29.1 Å². The molecule has 3 atom stereocenters. The monoisotopic (exact) mass is 367 g/mol. The van der Waals surface area contributed by atoms with Crippen molar-refractivity contribution >= 4 is 27.4 Å². The van der Waals surface area contributed by atoms with Gasteiger partial charge in [0.15, 0.2) is 5.78 Å². The first kappa shape index (κ1) is 14.7. The van der Waals surface area contributed by atoms with E-state index in [1.54, 1.807) is 6.92 Å². The van der Waals surface area contributed by atoms with Crippen LogP contribution in [0.4, 0.5) is 5.69 Å². The van der Waals surface area contributed by atoms with Gasteiger partial charge in [-0.25, -0.2) is 0 Å². The minimum absolute atomic E-state index is 0.124. The van der Waals surface area contributed by atoms with Gasteiger partial charge in [-0.2, -0.15) is 0 Å². The first-order chi connectivity index (χ1) is 11.1. The molecule has 1 heterocycles. The van der Waals surface area contributed by atoms with Crippen LogP contribution in [0.5, 0.6) is 0 Å². The Morgan fingerprint density at radius 1 is 1.17 bits per heavy atom. The Balaban J connectivity index is 1.81. The number of ketones is 1. The van der Waals surface area contributed by atoms with Crippen molar-refractivity contribution in [3.05, 3.63) is 75.8 Å². The number of fused-ring (bicyclic) bond motifs is 3. The number of carbonyl (C=O) groups excluding carboxylic acids is 1. The summed E-state index contributed by atoms with van der Waals surface area (Å²) in [6, 6.07) is 14.7. The molecule has 116 valence electrons. The van der Waals surface area contributed by atoms with Crippen LogP contribution in [0.15, 0.2) is 59.1 Å². The average molecular weight is 368 g/mol. The van der Waals surface area contributed by atoms with Crippen molar-refractivity contribution in [3.63, 3.8) is 0 Å². The molecule has 3 unspecified atom stereocenters. The van der Waals surface area contributed by atoms with Crippen LogP contribution in [-0.2, 0) is 0 Å². The highest BCUT2D eigenvalue weighted by Gasteiger charge is 2.38. The zero-order valence-corrected chi connectivity index (χ0v) is 14.5. The van der Waals surface area contributed by atoms with Crippen LogP contribution in [0.25, 0.3) is 0 Å². The highest BCUT2D eigenvalue weighted by molar-refractivity contribution is 9.10. The second-order valence-electron chi connectivity index (χ2n) is 6.36. The molecule has 2 aliphatic rings. The van der Waals surface area contributed by atoms with E-state index in [-0.39, 0.29) is 11.8 Å². The van der Waals surface area contributed by atoms with Crippen molar-refractivity contribution in [1.82, 2.24) is 0 Å². The van der Waals surface area contributed by atoms with Crippen molar-refractivity contribution < 1.29 is 4.79 Å². The van der Waals surface area contributed by atoms with E-state index in [1.165, 1.54) is 11.1 Å². The van der Waals surface area contributed by atoms with E-state index in [9.17, 15) is 4.79 Å². The predicted molar refractivity (Wildman–Crippen MR) is 96.9 cm³/mol. The molecule has 1 aliphatic carbocycles. The van der Waals surface area contributed by atoms with E-state index in [4.69, 9.17) is 0 Å². The number of anilines is 1. The third kappa shape index (κ3) is 2.43. The summed E-state index contributed by atoms with van der Waals surface area (Å²) in [5.74, 6) is 0.991. The van der Waals surface area contributed by atoms with Crippen LogP contribution >= 0.6 is 15.9 Å². The molecule has 0 fully saturated rings. The van der Waals surface area contributed by atoms with Crippen LogP contribution in [0.1, 0.15) is 46.8 Å². The van der Waals surface area contributed by atoms with Crippen molar-refractivity contribution in [2.75, 3.05) is 5.32 Å². The summed E-state index contributed by atoms with van der Waals surface area (Å²) < 4.78 is 1.15. The van der Waals surface area contributed by atoms with E-state index in [2.05, 4.69) is 63.7 Å². The number of carbonyl (C=O) groups is 1. The van der Waals surface area contributed by atoms with Gasteiger partial charge in [-0.3, -0.25) is 4.79 Å². The molecule has 4 rings (SSSR count). The smallest absolute Gasteiger partial charge is 0.159 e. The molecule has 0 amide bonds. The van der Waals surface area contributed by atoms with Crippen LogP contribution in [0, 0.1) is 5.92 Å². The highest BCUT2D eigenvalue weighted by atomic mass is 79.9. The quantitative estimate of drug-likeness (QED) is 0.562. The maximum Gasteiger partial charge on any atom is 0.159 e. The Hall–Kier alpha value is -1.87. The SMILES string of the molecule is CC(=O)c1ccc2c(c1)C1C=CCC1C(c1ccccc1Br)N2. The van der Waals surface area contributed by atoms with Crippen LogP contribution in [0.2, 0.25) is 0 Å². The fraction of sp³-hybridized carbons (Fsp3) is 0.250. The fourth-order valence-electron chi connectivity index (χ4n) is 3.85. The largest absolute Gasteiger partial charge is 0.378 e. The first-order valence-corrected chi connectivity index (χ1v) is 8.77. The van der Waals surface area contributed by atoms with Crippen LogP contribution in [-0.4, -0.2) is 5.78 Å². The summed E-state index contributed by atoms with van der Waals surface area (Å²) >= 11 is 3.69. The predicted octanol–water partition coefficient (Wildman–Crippen LogP) is 5.48. The molecule has 0 bridgehead atoms. The third-order valence-electron chi connectivity index (χ3n) is 5.01. The van der Waals surface area contributed by atoms with Gasteiger partial charge in [-0.15, -0.1) is 0 Å². The summed E-state index contributed by atoms with van der Waals surface area (Å²) in [6.07, 6.45) is 5.64. The Kier molecular flexibility index (Phi) is 3.61. The third-order valence-corrected chi connectivity index (χ3v) is 5.73. The molecule has 0 saturated heterocycles. The summed E-state index contributed by atoms with van der Waals surface area (Å²) in [7, 11) is 0. The standard InChI is InChI=1S/C20H18BrNO/c1-12(23)13-9-10-19-17(11-13)14-6-4-7-15(14)20(22-19)16-5-2-3-8-18(16)21/h2-6,8-11,14-15,20,22H,7H2,1H3. The Morgan fingerprint density at radius 2 is 2.00 bits per heavy atom. The molecule has 3 heteroatoms. The second-order valence-corrected chi connectivity index (χ2v) is 7.21. The maximum absolute atomic E-state index is 11.7. The van der Waals surface area contributed by atoms with E-state index in [1.807, 2.05) is 12.1 Å². The summed E-state index contributed by atoms with van der Waals surface area (Å²) in [5.41, 5.74) is 4.49. The molecular weight excluding hydrogens is 350 g/mol. The van der Waals surface area contributed by atoms with Crippen molar-refractivity contribution in [2.45, 2.75) is 25.3 Å². The number of hydrogen-bond acceptors (Lipinski definition) is 2. The van der Waals surface area contributed by atoms with Gasteiger partial charge in [0.05, 0.1) is 6.04 Å². The van der Waals surface area contributed by atoms with E-state index < -0.39 is 0 Å². The number of benzene rings is 2. The molecule has 0 aromatic heterocycles. The van der Waals surface area contributed by atoms with Crippen LogP contribution < -0.4 is 5.32 Å². The number of halogens is 1. The zero-order valence-electron chi connectivity index (χ0n) is 12.9. The Bertz CT molecular complexity index is 811. The molecule has 0 radical (unpaired) electrons. The molecule has 2 aromatic rings.